The second-order valence-corrected chi connectivity index (χ2v) is 1.80. The molecule has 0 aromatic heterocycles. The molecule has 0 aliphatic carbocycles. The van der Waals surface area contributed by atoms with E-state index in [2.05, 4.69) is 5.32 Å². The van der Waals surface area contributed by atoms with Crippen molar-refractivity contribution < 1.29 is 4.79 Å². The van der Waals surface area contributed by atoms with E-state index in [4.69, 9.17) is 16.6 Å². The lowest BCUT2D eigenvalue weighted by atomic mass is 10.3. The van der Waals surface area contributed by atoms with Crippen LogP contribution in [0.2, 0.25) is 0 Å². The molecule has 0 saturated heterocycles. The largest absolute Gasteiger partial charge is 0.386 e. The number of carbonyl (C=O) groups is 1. The smallest absolute Gasteiger partial charge is 0.217 e. The molecule has 5 N–H and O–H groups in total. The van der Waals surface area contributed by atoms with Crippen LogP contribution in [0.3, 0.4) is 0 Å². The molecule has 1 amide bonds. The van der Waals surface area contributed by atoms with E-state index >= 15 is 0 Å². The summed E-state index contributed by atoms with van der Waals surface area (Å²) in [7, 11) is 0. The standard InChI is InChI=1S/C5H10N4O/c1-3(10)9-4(2-6)5(7)8/h2,4,6H,1H3,(H3,7,8)(H,9,10). The van der Waals surface area contributed by atoms with Crippen LogP contribution in [0.4, 0.5) is 0 Å². The maximum Gasteiger partial charge on any atom is 0.217 e. The average Bonchev–Trinajstić information content (AvgIpc) is 1.81. The van der Waals surface area contributed by atoms with Crippen molar-refractivity contribution in [3.8, 4) is 0 Å². The summed E-state index contributed by atoms with van der Waals surface area (Å²) in [4.78, 5) is 10.4. The van der Waals surface area contributed by atoms with E-state index in [1.54, 1.807) is 0 Å². The molecule has 0 spiro atoms. The molecule has 0 aromatic rings. The molecule has 10 heavy (non-hydrogen) atoms. The molecular formula is C5H10N4O. The van der Waals surface area contributed by atoms with Gasteiger partial charge < -0.3 is 16.5 Å². The molecule has 1 atom stereocenters. The van der Waals surface area contributed by atoms with Crippen molar-refractivity contribution in [2.75, 3.05) is 0 Å². The Morgan fingerprint density at radius 2 is 2.30 bits per heavy atom. The molecule has 5 nitrogen and oxygen atoms in total. The van der Waals surface area contributed by atoms with Gasteiger partial charge in [-0.2, -0.15) is 0 Å². The molecular weight excluding hydrogens is 132 g/mol. The summed E-state index contributed by atoms with van der Waals surface area (Å²) in [5.74, 6) is -0.533. The molecule has 1 unspecified atom stereocenters. The summed E-state index contributed by atoms with van der Waals surface area (Å²) < 4.78 is 0. The topological polar surface area (TPSA) is 103 Å². The van der Waals surface area contributed by atoms with Crippen LogP contribution in [0.25, 0.3) is 0 Å². The van der Waals surface area contributed by atoms with Gasteiger partial charge in [0.25, 0.3) is 0 Å². The summed E-state index contributed by atoms with van der Waals surface area (Å²) in [6, 6.07) is -0.752. The predicted octanol–water partition coefficient (Wildman–Crippen LogP) is -0.923. The Morgan fingerprint density at radius 3 is 2.40 bits per heavy atom. The summed E-state index contributed by atoms with van der Waals surface area (Å²) in [5.41, 5.74) is 5.01. The van der Waals surface area contributed by atoms with Crippen molar-refractivity contribution in [3.05, 3.63) is 0 Å². The third kappa shape index (κ3) is 2.81. The van der Waals surface area contributed by atoms with Crippen LogP contribution in [0.15, 0.2) is 0 Å². The first kappa shape index (κ1) is 8.61. The van der Waals surface area contributed by atoms with Gasteiger partial charge in [-0.25, -0.2) is 0 Å². The van der Waals surface area contributed by atoms with Gasteiger partial charge >= 0.3 is 0 Å². The highest BCUT2D eigenvalue weighted by atomic mass is 16.1. The normalized spacial score (nSPS) is 11.7. The van der Waals surface area contributed by atoms with Crippen molar-refractivity contribution in [3.63, 3.8) is 0 Å². The Morgan fingerprint density at radius 1 is 1.80 bits per heavy atom. The van der Waals surface area contributed by atoms with E-state index in [0.717, 1.165) is 6.21 Å². The monoisotopic (exact) mass is 142 g/mol. The second-order valence-electron chi connectivity index (χ2n) is 1.80. The van der Waals surface area contributed by atoms with Gasteiger partial charge in [0.15, 0.2) is 0 Å². The van der Waals surface area contributed by atoms with Gasteiger partial charge in [0.05, 0.1) is 0 Å². The Balaban J connectivity index is 3.96. The van der Waals surface area contributed by atoms with Gasteiger partial charge in [-0.1, -0.05) is 0 Å². The number of hydrogen-bond donors (Lipinski definition) is 4. The summed E-state index contributed by atoms with van der Waals surface area (Å²) in [6.07, 6.45) is 0.906. The minimum absolute atomic E-state index is 0.231. The van der Waals surface area contributed by atoms with E-state index in [-0.39, 0.29) is 11.7 Å². The number of carbonyl (C=O) groups excluding carboxylic acids is 1. The van der Waals surface area contributed by atoms with Crippen LogP contribution in [-0.4, -0.2) is 24.0 Å². The first-order valence-electron chi connectivity index (χ1n) is 2.69. The zero-order valence-corrected chi connectivity index (χ0v) is 5.64. The summed E-state index contributed by atoms with van der Waals surface area (Å²) >= 11 is 0. The van der Waals surface area contributed by atoms with Crippen molar-refractivity contribution in [1.29, 1.82) is 10.8 Å². The highest BCUT2D eigenvalue weighted by Gasteiger charge is 2.07. The van der Waals surface area contributed by atoms with Gasteiger partial charge in [0, 0.05) is 13.1 Å². The Labute approximate surface area is 58.6 Å². The molecule has 0 aliphatic heterocycles. The fourth-order valence-electron chi connectivity index (χ4n) is 0.428. The van der Waals surface area contributed by atoms with E-state index in [9.17, 15) is 4.79 Å². The molecule has 0 aromatic carbocycles. The zero-order chi connectivity index (χ0) is 8.15. The van der Waals surface area contributed by atoms with Gasteiger partial charge in [-0.3, -0.25) is 10.2 Å². The lowest BCUT2D eigenvalue weighted by Crippen LogP contribution is -2.44. The van der Waals surface area contributed by atoms with E-state index < -0.39 is 6.04 Å². The van der Waals surface area contributed by atoms with Crippen molar-refractivity contribution >= 4 is 18.0 Å². The van der Waals surface area contributed by atoms with Crippen LogP contribution in [-0.2, 0) is 4.79 Å². The fraction of sp³-hybridized carbons (Fsp3) is 0.400. The van der Waals surface area contributed by atoms with Crippen LogP contribution in [0.5, 0.6) is 0 Å². The predicted molar refractivity (Wildman–Crippen MR) is 38.3 cm³/mol. The number of amidine groups is 1. The number of nitrogens with one attached hydrogen (secondary N) is 3. The average molecular weight is 142 g/mol. The minimum atomic E-state index is -0.752. The first-order chi connectivity index (χ1) is 4.57. The van der Waals surface area contributed by atoms with Crippen molar-refractivity contribution in [2.24, 2.45) is 5.73 Å². The SMILES string of the molecule is CC(=O)NC(C=N)C(=N)N. The quantitative estimate of drug-likeness (QED) is 0.302. The molecule has 0 aliphatic rings. The number of nitrogens with two attached hydrogens (primary N) is 1. The molecule has 0 rings (SSSR count). The lowest BCUT2D eigenvalue weighted by molar-refractivity contribution is -0.118. The maximum atomic E-state index is 10.4. The Bertz CT molecular complexity index is 165. The third-order valence-corrected chi connectivity index (χ3v) is 0.860. The summed E-state index contributed by atoms with van der Waals surface area (Å²) in [6.45, 7) is 1.30. The molecule has 0 saturated carbocycles. The van der Waals surface area contributed by atoms with E-state index in [1.807, 2.05) is 0 Å². The maximum absolute atomic E-state index is 10.4. The number of amides is 1. The van der Waals surface area contributed by atoms with Gasteiger partial charge in [0.1, 0.15) is 11.9 Å². The van der Waals surface area contributed by atoms with Crippen LogP contribution >= 0.6 is 0 Å². The minimum Gasteiger partial charge on any atom is -0.386 e. The molecule has 56 valence electrons. The second kappa shape index (κ2) is 3.60. The third-order valence-electron chi connectivity index (χ3n) is 0.860. The highest BCUT2D eigenvalue weighted by molar-refractivity contribution is 6.00. The first-order valence-corrected chi connectivity index (χ1v) is 2.69. The van der Waals surface area contributed by atoms with Gasteiger partial charge in [-0.05, 0) is 0 Å². The van der Waals surface area contributed by atoms with Gasteiger partial charge in [-0.15, -0.1) is 0 Å². The Hall–Kier alpha value is -1.39. The van der Waals surface area contributed by atoms with Gasteiger partial charge in [0.2, 0.25) is 5.91 Å². The zero-order valence-electron chi connectivity index (χ0n) is 5.64. The molecule has 0 radical (unpaired) electrons. The number of hydrogen-bond acceptors (Lipinski definition) is 3. The summed E-state index contributed by atoms with van der Waals surface area (Å²) in [5, 5.41) is 15.9. The van der Waals surface area contributed by atoms with E-state index in [0.29, 0.717) is 0 Å². The molecule has 0 heterocycles. The lowest BCUT2D eigenvalue weighted by Gasteiger charge is -2.08. The van der Waals surface area contributed by atoms with Crippen molar-refractivity contribution in [2.45, 2.75) is 13.0 Å². The molecule has 0 bridgehead atoms. The van der Waals surface area contributed by atoms with E-state index in [1.165, 1.54) is 6.92 Å². The fourth-order valence-corrected chi connectivity index (χ4v) is 0.428. The van der Waals surface area contributed by atoms with Crippen LogP contribution < -0.4 is 11.1 Å². The number of rotatable bonds is 3. The Kier molecular flexibility index (Phi) is 3.10. The van der Waals surface area contributed by atoms with Crippen LogP contribution in [0.1, 0.15) is 6.92 Å². The molecule has 0 fully saturated rings. The highest BCUT2D eigenvalue weighted by Crippen LogP contribution is 1.75. The molecule has 5 heteroatoms. The van der Waals surface area contributed by atoms with Crippen LogP contribution in [0, 0.1) is 10.8 Å². The van der Waals surface area contributed by atoms with Crippen molar-refractivity contribution in [1.82, 2.24) is 5.32 Å².